The maximum atomic E-state index is 13.3. The van der Waals surface area contributed by atoms with Crippen molar-refractivity contribution in [3.05, 3.63) is 35.8 Å². The lowest BCUT2D eigenvalue weighted by atomic mass is 10.0. The number of unbranched alkanes of at least 4 members (excludes halogenated alkanes) is 6. The first-order chi connectivity index (χ1) is 12.6. The van der Waals surface area contributed by atoms with Gasteiger partial charge in [0.2, 0.25) is 5.91 Å². The summed E-state index contributed by atoms with van der Waals surface area (Å²) in [6, 6.07) is 4.93. The predicted molar refractivity (Wildman–Crippen MR) is 107 cm³/mol. The normalized spacial score (nSPS) is 12.4. The molecule has 0 radical (unpaired) electrons. The molecule has 2 N–H and O–H groups in total. The van der Waals surface area contributed by atoms with E-state index in [1.807, 2.05) is 12.3 Å². The molecule has 3 nitrogen and oxygen atoms in total. The van der Waals surface area contributed by atoms with Gasteiger partial charge in [0.15, 0.2) is 0 Å². The molecule has 1 aromatic heterocycles. The molecule has 1 unspecified atom stereocenters. The Balaban J connectivity index is 1.75. The number of halogens is 1. The molecular formula is C22H33FN2O. The van der Waals surface area contributed by atoms with Gasteiger partial charge in [0, 0.05) is 29.6 Å². The van der Waals surface area contributed by atoms with Crippen LogP contribution in [0.5, 0.6) is 0 Å². The van der Waals surface area contributed by atoms with E-state index in [0.29, 0.717) is 6.42 Å². The molecule has 0 saturated carbocycles. The van der Waals surface area contributed by atoms with E-state index in [1.165, 1.54) is 44.2 Å². The Morgan fingerprint density at radius 2 is 1.85 bits per heavy atom. The van der Waals surface area contributed by atoms with Gasteiger partial charge in [-0.1, -0.05) is 52.4 Å². The number of benzene rings is 1. The molecule has 0 saturated heterocycles. The summed E-state index contributed by atoms with van der Waals surface area (Å²) in [7, 11) is 0. The standard InChI is InChI=1S/C22H33FN2O/c1-3-5-6-7-8-9-10-11-22(26)25-19(4-2)14-17-16-24-21-15-18(23)12-13-20(17)21/h12-13,15-16,19,24H,3-11,14H2,1-2H3,(H,25,26). The monoisotopic (exact) mass is 360 g/mol. The van der Waals surface area contributed by atoms with Crippen LogP contribution in [0, 0.1) is 5.82 Å². The van der Waals surface area contributed by atoms with Gasteiger partial charge < -0.3 is 10.3 Å². The summed E-state index contributed by atoms with van der Waals surface area (Å²) >= 11 is 0. The van der Waals surface area contributed by atoms with Crippen molar-refractivity contribution in [3.8, 4) is 0 Å². The first kappa shape index (κ1) is 20.5. The van der Waals surface area contributed by atoms with E-state index in [2.05, 4.69) is 24.1 Å². The average molecular weight is 361 g/mol. The molecule has 1 atom stereocenters. The van der Waals surface area contributed by atoms with E-state index in [0.717, 1.165) is 42.1 Å². The third-order valence-electron chi connectivity index (χ3n) is 5.06. The molecule has 0 aliphatic rings. The number of carbonyl (C=O) groups is 1. The topological polar surface area (TPSA) is 44.9 Å². The van der Waals surface area contributed by atoms with Crippen molar-refractivity contribution in [3.63, 3.8) is 0 Å². The molecule has 1 heterocycles. The minimum absolute atomic E-state index is 0.121. The average Bonchev–Trinajstić information content (AvgIpc) is 3.02. The largest absolute Gasteiger partial charge is 0.361 e. The van der Waals surface area contributed by atoms with E-state index >= 15 is 0 Å². The van der Waals surface area contributed by atoms with Crippen LogP contribution in [0.4, 0.5) is 4.39 Å². The molecule has 4 heteroatoms. The van der Waals surface area contributed by atoms with E-state index in [9.17, 15) is 9.18 Å². The highest BCUT2D eigenvalue weighted by atomic mass is 19.1. The number of aromatic nitrogens is 1. The molecule has 1 aromatic carbocycles. The molecule has 0 spiro atoms. The quantitative estimate of drug-likeness (QED) is 0.456. The van der Waals surface area contributed by atoms with Crippen molar-refractivity contribution in [2.24, 2.45) is 0 Å². The second-order valence-electron chi connectivity index (χ2n) is 7.25. The molecule has 0 aliphatic carbocycles. The van der Waals surface area contributed by atoms with Crippen LogP contribution in [-0.4, -0.2) is 16.9 Å². The smallest absolute Gasteiger partial charge is 0.220 e. The summed E-state index contributed by atoms with van der Waals surface area (Å²) < 4.78 is 13.3. The lowest BCUT2D eigenvalue weighted by molar-refractivity contribution is -0.121. The van der Waals surface area contributed by atoms with Crippen LogP contribution in [0.25, 0.3) is 10.9 Å². The minimum Gasteiger partial charge on any atom is -0.361 e. The third-order valence-corrected chi connectivity index (χ3v) is 5.06. The van der Waals surface area contributed by atoms with E-state index < -0.39 is 0 Å². The molecule has 2 aromatic rings. The lowest BCUT2D eigenvalue weighted by Gasteiger charge is -2.17. The van der Waals surface area contributed by atoms with Crippen molar-refractivity contribution in [2.45, 2.75) is 84.1 Å². The van der Waals surface area contributed by atoms with E-state index in [1.54, 1.807) is 0 Å². The number of aromatic amines is 1. The minimum atomic E-state index is -0.235. The van der Waals surface area contributed by atoms with Gasteiger partial charge in [-0.2, -0.15) is 0 Å². The van der Waals surface area contributed by atoms with Gasteiger partial charge in [-0.15, -0.1) is 0 Å². The third kappa shape index (κ3) is 6.47. The second-order valence-corrected chi connectivity index (χ2v) is 7.25. The predicted octanol–water partition coefficient (Wildman–Crippen LogP) is 5.89. The van der Waals surface area contributed by atoms with E-state index in [-0.39, 0.29) is 17.8 Å². The summed E-state index contributed by atoms with van der Waals surface area (Å²) in [5, 5.41) is 4.20. The van der Waals surface area contributed by atoms with Crippen LogP contribution in [0.1, 0.15) is 77.2 Å². The van der Waals surface area contributed by atoms with Gasteiger partial charge in [0.05, 0.1) is 0 Å². The van der Waals surface area contributed by atoms with E-state index in [4.69, 9.17) is 0 Å². The second kappa shape index (κ2) is 11.0. The SMILES string of the molecule is CCCCCCCCCC(=O)NC(CC)Cc1c[nH]c2cc(F)ccc12. The van der Waals surface area contributed by atoms with Crippen molar-refractivity contribution < 1.29 is 9.18 Å². The Morgan fingerprint density at radius 1 is 1.12 bits per heavy atom. The summed E-state index contributed by atoms with van der Waals surface area (Å²) in [6.07, 6.45) is 12.7. The molecule has 26 heavy (non-hydrogen) atoms. The van der Waals surface area contributed by atoms with Crippen molar-refractivity contribution in [1.29, 1.82) is 0 Å². The number of hydrogen-bond acceptors (Lipinski definition) is 1. The van der Waals surface area contributed by atoms with Crippen LogP contribution >= 0.6 is 0 Å². The zero-order chi connectivity index (χ0) is 18.8. The Labute approximate surface area is 156 Å². The van der Waals surface area contributed by atoms with Crippen molar-refractivity contribution in [1.82, 2.24) is 10.3 Å². The fourth-order valence-corrected chi connectivity index (χ4v) is 3.43. The van der Waals surface area contributed by atoms with Gasteiger partial charge >= 0.3 is 0 Å². The Kier molecular flexibility index (Phi) is 8.66. The summed E-state index contributed by atoms with van der Waals surface area (Å²) in [6.45, 7) is 4.32. The first-order valence-electron chi connectivity index (χ1n) is 10.2. The lowest BCUT2D eigenvalue weighted by Crippen LogP contribution is -2.35. The maximum Gasteiger partial charge on any atom is 0.220 e. The highest BCUT2D eigenvalue weighted by Gasteiger charge is 2.14. The van der Waals surface area contributed by atoms with Crippen LogP contribution in [0.3, 0.4) is 0 Å². The molecular weight excluding hydrogens is 327 g/mol. The molecule has 144 valence electrons. The Morgan fingerprint density at radius 3 is 2.58 bits per heavy atom. The molecule has 2 rings (SSSR count). The molecule has 0 fully saturated rings. The summed E-state index contributed by atoms with van der Waals surface area (Å²) in [5.41, 5.74) is 1.94. The zero-order valence-electron chi connectivity index (χ0n) is 16.2. The zero-order valence-corrected chi connectivity index (χ0v) is 16.2. The molecule has 0 aliphatic heterocycles. The van der Waals surface area contributed by atoms with Gasteiger partial charge in [0.25, 0.3) is 0 Å². The Hall–Kier alpha value is -1.84. The highest BCUT2D eigenvalue weighted by molar-refractivity contribution is 5.83. The number of carbonyl (C=O) groups excluding carboxylic acids is 1. The fourth-order valence-electron chi connectivity index (χ4n) is 3.43. The van der Waals surface area contributed by atoms with Crippen LogP contribution in [0.2, 0.25) is 0 Å². The van der Waals surface area contributed by atoms with Crippen molar-refractivity contribution in [2.75, 3.05) is 0 Å². The number of fused-ring (bicyclic) bond motifs is 1. The number of amides is 1. The summed E-state index contributed by atoms with van der Waals surface area (Å²) in [5.74, 6) is -0.0859. The van der Waals surface area contributed by atoms with Gasteiger partial charge in [-0.05, 0) is 43.0 Å². The summed E-state index contributed by atoms with van der Waals surface area (Å²) in [4.78, 5) is 15.3. The number of nitrogens with one attached hydrogen (secondary N) is 2. The number of H-pyrrole nitrogens is 1. The maximum absolute atomic E-state index is 13.3. The highest BCUT2D eigenvalue weighted by Crippen LogP contribution is 2.21. The first-order valence-corrected chi connectivity index (χ1v) is 10.2. The van der Waals surface area contributed by atoms with Gasteiger partial charge in [0.1, 0.15) is 5.82 Å². The fraction of sp³-hybridized carbons (Fsp3) is 0.591. The van der Waals surface area contributed by atoms with Crippen molar-refractivity contribution >= 4 is 16.8 Å². The number of rotatable bonds is 12. The molecule has 0 bridgehead atoms. The van der Waals surface area contributed by atoms with Gasteiger partial charge in [-0.25, -0.2) is 4.39 Å². The Bertz CT molecular complexity index is 680. The molecule has 1 amide bonds. The van der Waals surface area contributed by atoms with Gasteiger partial charge in [-0.3, -0.25) is 4.79 Å². The van der Waals surface area contributed by atoms with Crippen LogP contribution in [0.15, 0.2) is 24.4 Å². The van der Waals surface area contributed by atoms with Crippen LogP contribution in [-0.2, 0) is 11.2 Å². The van der Waals surface area contributed by atoms with Crippen LogP contribution < -0.4 is 5.32 Å². The number of hydrogen-bond donors (Lipinski definition) is 2.